The van der Waals surface area contributed by atoms with Gasteiger partial charge in [-0.3, -0.25) is 4.90 Å². The van der Waals surface area contributed by atoms with Crippen LogP contribution in [0.4, 0.5) is 0 Å². The Labute approximate surface area is 101 Å². The SMILES string of the molecule is CN(Cc1cccs1)CC(O)CNC1CC1. The molecule has 0 amide bonds. The van der Waals surface area contributed by atoms with Crippen LogP contribution in [-0.4, -0.2) is 42.3 Å². The topological polar surface area (TPSA) is 35.5 Å². The Bertz CT molecular complexity index is 298. The summed E-state index contributed by atoms with van der Waals surface area (Å²) in [5.74, 6) is 0. The zero-order valence-electron chi connectivity index (χ0n) is 9.72. The second-order valence-electron chi connectivity index (χ2n) is 4.61. The molecule has 90 valence electrons. The Morgan fingerprint density at radius 1 is 1.62 bits per heavy atom. The molecular weight excluding hydrogens is 220 g/mol. The van der Waals surface area contributed by atoms with Gasteiger partial charge in [0.1, 0.15) is 0 Å². The van der Waals surface area contributed by atoms with E-state index in [4.69, 9.17) is 0 Å². The molecule has 0 saturated heterocycles. The summed E-state index contributed by atoms with van der Waals surface area (Å²) in [5, 5.41) is 15.3. The molecule has 0 aromatic carbocycles. The Morgan fingerprint density at radius 3 is 3.06 bits per heavy atom. The molecule has 3 nitrogen and oxygen atoms in total. The highest BCUT2D eigenvalue weighted by Gasteiger charge is 2.21. The van der Waals surface area contributed by atoms with Crippen molar-refractivity contribution in [1.29, 1.82) is 0 Å². The van der Waals surface area contributed by atoms with Gasteiger partial charge in [-0.15, -0.1) is 11.3 Å². The standard InChI is InChI=1S/C12H20N2OS/c1-14(9-12-3-2-6-16-12)8-11(15)7-13-10-4-5-10/h2-3,6,10-11,13,15H,4-5,7-9H2,1H3. The largest absolute Gasteiger partial charge is 0.390 e. The highest BCUT2D eigenvalue weighted by molar-refractivity contribution is 7.09. The van der Waals surface area contributed by atoms with Gasteiger partial charge in [0.25, 0.3) is 0 Å². The number of hydrogen-bond donors (Lipinski definition) is 2. The molecular formula is C12H20N2OS. The van der Waals surface area contributed by atoms with Crippen molar-refractivity contribution in [2.24, 2.45) is 0 Å². The molecule has 1 heterocycles. The van der Waals surface area contributed by atoms with Gasteiger partial charge in [0.2, 0.25) is 0 Å². The molecule has 1 aliphatic carbocycles. The predicted octanol–water partition coefficient (Wildman–Crippen LogP) is 1.29. The lowest BCUT2D eigenvalue weighted by Gasteiger charge is -2.20. The van der Waals surface area contributed by atoms with Crippen LogP contribution in [0.3, 0.4) is 0 Å². The molecule has 0 radical (unpaired) electrons. The number of likely N-dealkylation sites (N-methyl/N-ethyl adjacent to an activating group) is 1. The van der Waals surface area contributed by atoms with E-state index in [1.165, 1.54) is 17.7 Å². The lowest BCUT2D eigenvalue weighted by atomic mass is 10.3. The summed E-state index contributed by atoms with van der Waals surface area (Å²) in [7, 11) is 2.06. The molecule has 1 unspecified atom stereocenters. The Balaban J connectivity index is 1.63. The Kier molecular flexibility index (Phi) is 4.35. The van der Waals surface area contributed by atoms with Crippen LogP contribution in [0.25, 0.3) is 0 Å². The maximum absolute atomic E-state index is 9.82. The summed E-state index contributed by atoms with van der Waals surface area (Å²) in [5.41, 5.74) is 0. The molecule has 1 atom stereocenters. The molecule has 0 spiro atoms. The molecule has 1 saturated carbocycles. The molecule has 2 rings (SSSR count). The molecule has 1 fully saturated rings. The minimum Gasteiger partial charge on any atom is -0.390 e. The van der Waals surface area contributed by atoms with Gasteiger partial charge in [-0.2, -0.15) is 0 Å². The summed E-state index contributed by atoms with van der Waals surface area (Å²) >= 11 is 1.77. The van der Waals surface area contributed by atoms with Crippen LogP contribution in [-0.2, 0) is 6.54 Å². The molecule has 16 heavy (non-hydrogen) atoms. The molecule has 4 heteroatoms. The van der Waals surface area contributed by atoms with E-state index < -0.39 is 0 Å². The first-order valence-electron chi connectivity index (χ1n) is 5.86. The minimum atomic E-state index is -0.259. The quantitative estimate of drug-likeness (QED) is 0.754. The van der Waals surface area contributed by atoms with E-state index in [0.29, 0.717) is 6.04 Å². The highest BCUT2D eigenvalue weighted by atomic mass is 32.1. The van der Waals surface area contributed by atoms with E-state index in [1.807, 2.05) is 0 Å². The lowest BCUT2D eigenvalue weighted by molar-refractivity contribution is 0.121. The second kappa shape index (κ2) is 5.77. The Morgan fingerprint density at radius 2 is 2.44 bits per heavy atom. The normalized spacial score (nSPS) is 17.9. The second-order valence-corrected chi connectivity index (χ2v) is 5.64. The number of hydrogen-bond acceptors (Lipinski definition) is 4. The third kappa shape index (κ3) is 4.22. The van der Waals surface area contributed by atoms with Gasteiger partial charge in [0.15, 0.2) is 0 Å². The smallest absolute Gasteiger partial charge is 0.0791 e. The number of aliphatic hydroxyl groups excluding tert-OH is 1. The third-order valence-corrected chi connectivity index (χ3v) is 3.61. The van der Waals surface area contributed by atoms with Gasteiger partial charge in [-0.25, -0.2) is 0 Å². The molecule has 1 aliphatic rings. The lowest BCUT2D eigenvalue weighted by Crippen LogP contribution is -2.36. The predicted molar refractivity (Wildman–Crippen MR) is 67.7 cm³/mol. The maximum Gasteiger partial charge on any atom is 0.0791 e. The summed E-state index contributed by atoms with van der Waals surface area (Å²) in [4.78, 5) is 3.52. The average Bonchev–Trinajstić information content (AvgIpc) is 2.94. The number of aliphatic hydroxyl groups is 1. The number of nitrogens with zero attached hydrogens (tertiary/aromatic N) is 1. The summed E-state index contributed by atoms with van der Waals surface area (Å²) in [6, 6.07) is 4.88. The van der Waals surface area contributed by atoms with E-state index in [-0.39, 0.29) is 6.10 Å². The van der Waals surface area contributed by atoms with Gasteiger partial charge in [0.05, 0.1) is 6.10 Å². The van der Waals surface area contributed by atoms with Crippen LogP contribution >= 0.6 is 11.3 Å². The van der Waals surface area contributed by atoms with Crippen molar-refractivity contribution in [3.8, 4) is 0 Å². The van der Waals surface area contributed by atoms with Crippen LogP contribution < -0.4 is 5.32 Å². The molecule has 0 aliphatic heterocycles. The van der Waals surface area contributed by atoms with Gasteiger partial charge in [-0.05, 0) is 31.3 Å². The van der Waals surface area contributed by atoms with Gasteiger partial charge >= 0.3 is 0 Å². The van der Waals surface area contributed by atoms with Crippen LogP contribution in [0.15, 0.2) is 17.5 Å². The van der Waals surface area contributed by atoms with Crippen molar-refractivity contribution in [3.63, 3.8) is 0 Å². The first-order chi connectivity index (χ1) is 7.74. The minimum absolute atomic E-state index is 0.259. The van der Waals surface area contributed by atoms with E-state index >= 15 is 0 Å². The maximum atomic E-state index is 9.82. The van der Waals surface area contributed by atoms with Crippen LogP contribution in [0, 0.1) is 0 Å². The Hall–Kier alpha value is -0.420. The monoisotopic (exact) mass is 240 g/mol. The fourth-order valence-corrected chi connectivity index (χ4v) is 2.53. The van der Waals surface area contributed by atoms with Crippen LogP contribution in [0.5, 0.6) is 0 Å². The molecule has 1 aromatic rings. The van der Waals surface area contributed by atoms with E-state index in [1.54, 1.807) is 11.3 Å². The zero-order valence-corrected chi connectivity index (χ0v) is 10.5. The molecule has 0 bridgehead atoms. The van der Waals surface area contributed by atoms with Gasteiger partial charge < -0.3 is 10.4 Å². The van der Waals surface area contributed by atoms with E-state index in [0.717, 1.165) is 19.6 Å². The van der Waals surface area contributed by atoms with Gasteiger partial charge in [0, 0.05) is 30.6 Å². The van der Waals surface area contributed by atoms with Crippen molar-refractivity contribution in [1.82, 2.24) is 10.2 Å². The average molecular weight is 240 g/mol. The summed E-state index contributed by atoms with van der Waals surface area (Å²) < 4.78 is 0. The number of thiophene rings is 1. The van der Waals surface area contributed by atoms with Crippen molar-refractivity contribution in [3.05, 3.63) is 22.4 Å². The van der Waals surface area contributed by atoms with Crippen molar-refractivity contribution in [2.75, 3.05) is 20.1 Å². The molecule has 1 aromatic heterocycles. The van der Waals surface area contributed by atoms with Crippen LogP contribution in [0.2, 0.25) is 0 Å². The first-order valence-corrected chi connectivity index (χ1v) is 6.74. The molecule has 2 N–H and O–H groups in total. The van der Waals surface area contributed by atoms with Crippen molar-refractivity contribution < 1.29 is 5.11 Å². The van der Waals surface area contributed by atoms with Crippen molar-refractivity contribution >= 4 is 11.3 Å². The zero-order chi connectivity index (χ0) is 11.4. The number of rotatable bonds is 7. The highest BCUT2D eigenvalue weighted by Crippen LogP contribution is 2.18. The van der Waals surface area contributed by atoms with E-state index in [2.05, 4.69) is 34.8 Å². The van der Waals surface area contributed by atoms with Crippen LogP contribution in [0.1, 0.15) is 17.7 Å². The fourth-order valence-electron chi connectivity index (χ4n) is 1.75. The number of nitrogens with one attached hydrogen (secondary N) is 1. The summed E-state index contributed by atoms with van der Waals surface area (Å²) in [6.45, 7) is 2.38. The third-order valence-electron chi connectivity index (χ3n) is 2.75. The van der Waals surface area contributed by atoms with E-state index in [9.17, 15) is 5.11 Å². The fraction of sp³-hybridized carbons (Fsp3) is 0.667. The van der Waals surface area contributed by atoms with Crippen molar-refractivity contribution in [2.45, 2.75) is 31.5 Å². The van der Waals surface area contributed by atoms with Gasteiger partial charge in [-0.1, -0.05) is 6.07 Å². The summed E-state index contributed by atoms with van der Waals surface area (Å²) in [6.07, 6.45) is 2.29. The first kappa shape index (κ1) is 12.0.